The fourth-order valence-corrected chi connectivity index (χ4v) is 1.59. The van der Waals surface area contributed by atoms with Crippen LogP contribution >= 0.6 is 27.5 Å². The molecule has 2 amide bonds. The number of alkyl halides is 1. The Kier molecular flexibility index (Phi) is 63.2. The van der Waals surface area contributed by atoms with Gasteiger partial charge in [0.1, 0.15) is 0 Å². The number of unbranched alkanes of at least 4 members (excludes halogenated alkanes) is 3. The maximum Gasteiger partial charge on any atom is 1.00 e. The summed E-state index contributed by atoms with van der Waals surface area (Å²) in [5.41, 5.74) is 5.14. The molecular formula is C27H50BrClN3NaO3. The molecule has 0 aliphatic rings. The topological polar surface area (TPSA) is 92.5 Å². The molecule has 0 rings (SSSR count). The number of rotatable bonds is 14. The van der Waals surface area contributed by atoms with E-state index in [-0.39, 0.29) is 42.8 Å². The Morgan fingerprint density at radius 1 is 0.917 bits per heavy atom. The number of nitrogens with one attached hydrogen (secondary N) is 1. The van der Waals surface area contributed by atoms with Gasteiger partial charge >= 0.3 is 29.6 Å². The van der Waals surface area contributed by atoms with Gasteiger partial charge in [0.05, 0.1) is 0 Å². The van der Waals surface area contributed by atoms with Crippen molar-refractivity contribution in [3.05, 3.63) is 63.3 Å². The van der Waals surface area contributed by atoms with E-state index >= 15 is 0 Å². The van der Waals surface area contributed by atoms with Crippen LogP contribution in [0.15, 0.2) is 63.3 Å². The summed E-state index contributed by atoms with van der Waals surface area (Å²) in [6.07, 6.45) is 13.9. The molecule has 0 bridgehead atoms. The minimum atomic E-state index is -0.509. The molecule has 0 saturated heterocycles. The van der Waals surface area contributed by atoms with Crippen LogP contribution in [0.3, 0.4) is 0 Å². The third kappa shape index (κ3) is 58.7. The molecule has 0 fully saturated rings. The molecule has 36 heavy (non-hydrogen) atoms. The van der Waals surface area contributed by atoms with Crippen molar-refractivity contribution in [2.75, 3.05) is 31.5 Å². The summed E-state index contributed by atoms with van der Waals surface area (Å²) in [6, 6.07) is 0. The number of nitrogens with zero attached hydrogens (tertiary/aromatic N) is 1. The predicted molar refractivity (Wildman–Crippen MR) is 160 cm³/mol. The van der Waals surface area contributed by atoms with E-state index in [2.05, 4.69) is 74.9 Å². The number of hydrogen-bond donors (Lipinski definition) is 2. The summed E-state index contributed by atoms with van der Waals surface area (Å²) in [5.74, 6) is -0.0909. The smallest absolute Gasteiger partial charge is 1.00 e. The van der Waals surface area contributed by atoms with E-state index in [9.17, 15) is 14.4 Å². The van der Waals surface area contributed by atoms with E-state index < -0.39 is 5.24 Å². The minimum Gasteiger partial charge on any atom is -1.00 e. The monoisotopic (exact) mass is 601 g/mol. The van der Waals surface area contributed by atoms with Crippen molar-refractivity contribution in [3.63, 3.8) is 0 Å². The molecule has 0 heterocycles. The Morgan fingerprint density at radius 2 is 1.39 bits per heavy atom. The second kappa shape index (κ2) is 47.3. The predicted octanol–water partition coefficient (Wildman–Crippen LogP) is 3.44. The third-order valence-corrected chi connectivity index (χ3v) is 4.07. The molecular weight excluding hydrogens is 553 g/mol. The molecule has 0 radical (unpaired) electrons. The molecule has 6 nitrogen and oxygen atoms in total. The van der Waals surface area contributed by atoms with Crippen molar-refractivity contribution in [1.29, 1.82) is 0 Å². The first kappa shape index (κ1) is 48.1. The van der Waals surface area contributed by atoms with Gasteiger partial charge in [0.25, 0.3) is 0 Å². The van der Waals surface area contributed by atoms with E-state index in [0.29, 0.717) is 6.54 Å². The van der Waals surface area contributed by atoms with Crippen LogP contribution in [0.25, 0.3) is 0 Å². The van der Waals surface area contributed by atoms with Gasteiger partial charge in [-0.05, 0) is 55.6 Å². The standard InChI is InChI=1S/C10H17NO.C7H13NO.C4H11N.C3H5Br.C3H3ClO.Na.H/c1-4-7-9-11(8-5-2)10(12)6-3;1-3-5-6-8-7(9)4-2;1-2-3-4-5;1-2-3-4;1-2-3(4)5;;/h5-6H,2-4,7-9H2,1H3;4H,2-3,5-6H2,1H3,(H,8,9);2-5H2,1H3;2H,1,3H2;2H,1H2;;/q;;;;;+1;-1. The van der Waals surface area contributed by atoms with Crippen LogP contribution in [0.1, 0.15) is 60.7 Å². The van der Waals surface area contributed by atoms with Crippen LogP contribution in [-0.4, -0.2) is 53.5 Å². The summed E-state index contributed by atoms with van der Waals surface area (Å²) < 4.78 is 0. The van der Waals surface area contributed by atoms with Crippen molar-refractivity contribution in [2.45, 2.75) is 59.3 Å². The van der Waals surface area contributed by atoms with Gasteiger partial charge in [0.2, 0.25) is 17.1 Å². The summed E-state index contributed by atoms with van der Waals surface area (Å²) in [5, 5.41) is 3.06. The van der Waals surface area contributed by atoms with E-state index in [4.69, 9.17) is 17.3 Å². The molecule has 0 aromatic rings. The zero-order valence-corrected chi connectivity index (χ0v) is 27.5. The number of allylic oxidation sites excluding steroid dienone is 2. The third-order valence-electron chi connectivity index (χ3n) is 3.46. The normalized spacial score (nSPS) is 7.94. The fraction of sp³-hybridized carbons (Fsp3) is 0.519. The molecule has 0 spiro atoms. The van der Waals surface area contributed by atoms with Gasteiger partial charge in [-0.15, -0.1) is 13.2 Å². The van der Waals surface area contributed by atoms with Crippen molar-refractivity contribution in [3.8, 4) is 0 Å². The molecule has 0 unspecified atom stereocenters. The number of nitrogens with two attached hydrogens (primary N) is 1. The minimum absolute atomic E-state index is 0. The molecule has 0 aromatic heterocycles. The zero-order valence-electron chi connectivity index (χ0n) is 24.2. The number of amides is 2. The van der Waals surface area contributed by atoms with Crippen molar-refractivity contribution < 1.29 is 45.4 Å². The molecule has 0 aliphatic carbocycles. The van der Waals surface area contributed by atoms with Gasteiger partial charge in [0.15, 0.2) is 0 Å². The first-order chi connectivity index (χ1) is 16.7. The fourth-order valence-electron chi connectivity index (χ4n) is 1.59. The van der Waals surface area contributed by atoms with E-state index in [1.54, 1.807) is 17.1 Å². The Hall–Kier alpha value is -0.960. The summed E-state index contributed by atoms with van der Waals surface area (Å²) in [4.78, 5) is 32.8. The number of halogens is 2. The van der Waals surface area contributed by atoms with E-state index in [1.807, 2.05) is 0 Å². The first-order valence-corrected chi connectivity index (χ1v) is 13.3. The summed E-state index contributed by atoms with van der Waals surface area (Å²) in [7, 11) is 0. The Bertz CT molecular complexity index is 567. The molecule has 0 saturated carbocycles. The largest absolute Gasteiger partial charge is 1.00 e. The van der Waals surface area contributed by atoms with Crippen molar-refractivity contribution >= 4 is 44.6 Å². The van der Waals surface area contributed by atoms with Gasteiger partial charge in [0, 0.05) is 25.0 Å². The average Bonchev–Trinajstić information content (AvgIpc) is 2.87. The molecule has 3 N–H and O–H groups in total. The van der Waals surface area contributed by atoms with Crippen molar-refractivity contribution in [1.82, 2.24) is 10.2 Å². The zero-order chi connectivity index (χ0) is 28.3. The number of carbonyl (C=O) groups excluding carboxylic acids is 3. The maximum absolute atomic E-state index is 11.2. The molecule has 9 heteroatoms. The second-order valence-corrected chi connectivity index (χ2v) is 7.59. The quantitative estimate of drug-likeness (QED) is 0.0796. The van der Waals surface area contributed by atoms with Crippen LogP contribution in [0.2, 0.25) is 0 Å². The van der Waals surface area contributed by atoms with Gasteiger partial charge in [-0.3, -0.25) is 14.4 Å². The Balaban J connectivity index is -0.0000000640. The molecule has 206 valence electrons. The Labute approximate surface area is 258 Å². The van der Waals surface area contributed by atoms with Crippen LogP contribution in [0.5, 0.6) is 0 Å². The van der Waals surface area contributed by atoms with Gasteiger partial charge in [-0.25, -0.2) is 0 Å². The maximum atomic E-state index is 11.2. The Morgan fingerprint density at radius 3 is 1.64 bits per heavy atom. The van der Waals surface area contributed by atoms with E-state index in [0.717, 1.165) is 56.7 Å². The van der Waals surface area contributed by atoms with Crippen LogP contribution in [0, 0.1) is 0 Å². The van der Waals surface area contributed by atoms with Crippen LogP contribution < -0.4 is 40.6 Å². The SMILES string of the molecule is C=CC(=O)Cl.C=CC(=O)NCCCC.C=CCBr.C=CCN(CCCC)C(=O)C=C.CCCCN.[H-].[Na+]. The van der Waals surface area contributed by atoms with Gasteiger partial charge in [-0.1, -0.05) is 87.9 Å². The summed E-state index contributed by atoms with van der Waals surface area (Å²) in [6.45, 7) is 26.2. The van der Waals surface area contributed by atoms with Crippen molar-refractivity contribution in [2.24, 2.45) is 5.73 Å². The summed E-state index contributed by atoms with van der Waals surface area (Å²) >= 11 is 7.84. The average molecular weight is 603 g/mol. The van der Waals surface area contributed by atoms with Crippen LogP contribution in [-0.2, 0) is 14.4 Å². The van der Waals surface area contributed by atoms with Gasteiger partial charge < -0.3 is 17.4 Å². The molecule has 0 aromatic carbocycles. The molecule has 0 atom stereocenters. The number of carbonyl (C=O) groups is 3. The van der Waals surface area contributed by atoms with Gasteiger partial charge in [-0.2, -0.15) is 0 Å². The second-order valence-electron chi connectivity index (χ2n) is 6.57. The number of hydrogen-bond acceptors (Lipinski definition) is 4. The molecule has 0 aliphatic heterocycles. The van der Waals surface area contributed by atoms with Crippen LogP contribution in [0.4, 0.5) is 0 Å². The first-order valence-electron chi connectivity index (χ1n) is 11.8. The van der Waals surface area contributed by atoms with E-state index in [1.165, 1.54) is 25.0 Å².